The standard InChI is InChI=1S/C24H26FN3O3/c1-24(2,3)31-23(30)27-21(14-26)13-16-4-5-19-15-28(11-10-18(19)12-16)22(29)17-6-8-20(25)9-7-17/h4-9,12,21H,10-11,13,15H2,1-3H3,(H,27,30)/t21-/m0/s1. The molecule has 1 atom stereocenters. The minimum Gasteiger partial charge on any atom is -0.444 e. The fraction of sp³-hybridized carbons (Fsp3) is 0.375. The summed E-state index contributed by atoms with van der Waals surface area (Å²) < 4.78 is 18.3. The monoisotopic (exact) mass is 423 g/mol. The van der Waals surface area contributed by atoms with Crippen molar-refractivity contribution in [3.05, 3.63) is 70.5 Å². The number of nitrogens with one attached hydrogen (secondary N) is 1. The van der Waals surface area contributed by atoms with Crippen LogP contribution < -0.4 is 5.32 Å². The van der Waals surface area contributed by atoms with E-state index in [1.165, 1.54) is 24.3 Å². The molecule has 0 saturated heterocycles. The van der Waals surface area contributed by atoms with Crippen LogP contribution in [0, 0.1) is 17.1 Å². The van der Waals surface area contributed by atoms with E-state index in [1.807, 2.05) is 18.2 Å². The second kappa shape index (κ2) is 9.17. The van der Waals surface area contributed by atoms with Crippen LogP contribution in [-0.4, -0.2) is 35.1 Å². The van der Waals surface area contributed by atoms with E-state index in [2.05, 4.69) is 11.4 Å². The number of alkyl carbamates (subject to hydrolysis) is 1. The summed E-state index contributed by atoms with van der Waals surface area (Å²) in [6, 6.07) is 12.9. The predicted molar refractivity (Wildman–Crippen MR) is 114 cm³/mol. The number of nitrogens with zero attached hydrogens (tertiary/aromatic N) is 2. The van der Waals surface area contributed by atoms with Gasteiger partial charge in [0.25, 0.3) is 5.91 Å². The molecule has 0 fully saturated rings. The van der Waals surface area contributed by atoms with E-state index in [-0.39, 0.29) is 11.7 Å². The number of hydrogen-bond acceptors (Lipinski definition) is 4. The van der Waals surface area contributed by atoms with Gasteiger partial charge < -0.3 is 15.0 Å². The third-order valence-corrected chi connectivity index (χ3v) is 4.95. The summed E-state index contributed by atoms with van der Waals surface area (Å²) in [7, 11) is 0. The van der Waals surface area contributed by atoms with Gasteiger partial charge in [-0.2, -0.15) is 5.26 Å². The SMILES string of the molecule is CC(C)(C)OC(=O)N[C@H](C#N)Cc1ccc2c(c1)CCN(C(=O)c1ccc(F)cc1)C2. The van der Waals surface area contributed by atoms with Gasteiger partial charge in [0.2, 0.25) is 0 Å². The van der Waals surface area contributed by atoms with Crippen LogP contribution in [0.5, 0.6) is 0 Å². The Morgan fingerprint density at radius 3 is 2.55 bits per heavy atom. The molecule has 1 N–H and O–H groups in total. The number of benzene rings is 2. The third-order valence-electron chi connectivity index (χ3n) is 4.95. The van der Waals surface area contributed by atoms with Gasteiger partial charge in [0.15, 0.2) is 0 Å². The summed E-state index contributed by atoms with van der Waals surface area (Å²) in [6.07, 6.45) is 0.431. The molecule has 162 valence electrons. The number of carbonyl (C=O) groups is 2. The molecular formula is C24H26FN3O3. The van der Waals surface area contributed by atoms with Crippen molar-refractivity contribution in [3.63, 3.8) is 0 Å². The van der Waals surface area contributed by atoms with Crippen molar-refractivity contribution < 1.29 is 18.7 Å². The Balaban J connectivity index is 1.64. The van der Waals surface area contributed by atoms with Crippen molar-refractivity contribution in [2.75, 3.05) is 6.54 Å². The Morgan fingerprint density at radius 1 is 1.19 bits per heavy atom. The van der Waals surface area contributed by atoms with E-state index in [0.29, 0.717) is 31.5 Å². The lowest BCUT2D eigenvalue weighted by Crippen LogP contribution is -2.39. The summed E-state index contributed by atoms with van der Waals surface area (Å²) in [5, 5.41) is 12.0. The van der Waals surface area contributed by atoms with Gasteiger partial charge in [0.1, 0.15) is 17.5 Å². The average molecular weight is 423 g/mol. The number of ether oxygens (including phenoxy) is 1. The lowest BCUT2D eigenvalue weighted by atomic mass is 9.94. The minimum atomic E-state index is -0.701. The van der Waals surface area contributed by atoms with Crippen molar-refractivity contribution >= 4 is 12.0 Å². The van der Waals surface area contributed by atoms with Crippen molar-refractivity contribution in [1.29, 1.82) is 5.26 Å². The van der Waals surface area contributed by atoms with Gasteiger partial charge in [-0.15, -0.1) is 0 Å². The van der Waals surface area contributed by atoms with Crippen molar-refractivity contribution in [1.82, 2.24) is 10.2 Å². The molecule has 0 bridgehead atoms. The van der Waals surface area contributed by atoms with E-state index in [9.17, 15) is 19.2 Å². The highest BCUT2D eigenvalue weighted by Gasteiger charge is 2.23. The van der Waals surface area contributed by atoms with E-state index in [4.69, 9.17) is 4.74 Å². The normalized spacial score (nSPS) is 14.2. The maximum Gasteiger partial charge on any atom is 0.408 e. The zero-order chi connectivity index (χ0) is 22.6. The molecule has 6 nitrogen and oxygen atoms in total. The smallest absolute Gasteiger partial charge is 0.408 e. The molecule has 7 heteroatoms. The first-order valence-corrected chi connectivity index (χ1v) is 10.2. The predicted octanol–water partition coefficient (Wildman–Crippen LogP) is 3.98. The lowest BCUT2D eigenvalue weighted by Gasteiger charge is -2.29. The van der Waals surface area contributed by atoms with Gasteiger partial charge >= 0.3 is 6.09 Å². The Bertz CT molecular complexity index is 1010. The topological polar surface area (TPSA) is 82.4 Å². The molecule has 1 heterocycles. The number of halogens is 1. The van der Waals surface area contributed by atoms with E-state index < -0.39 is 17.7 Å². The maximum absolute atomic E-state index is 13.1. The molecule has 0 saturated carbocycles. The van der Waals surface area contributed by atoms with Gasteiger partial charge in [0.05, 0.1) is 6.07 Å². The van der Waals surface area contributed by atoms with Gasteiger partial charge in [-0.1, -0.05) is 18.2 Å². The molecule has 0 aromatic heterocycles. The number of nitriles is 1. The fourth-order valence-corrected chi connectivity index (χ4v) is 3.50. The molecule has 2 aromatic carbocycles. The van der Waals surface area contributed by atoms with Crippen LogP contribution in [0.15, 0.2) is 42.5 Å². The number of amides is 2. The van der Waals surface area contributed by atoms with Gasteiger partial charge in [-0.3, -0.25) is 4.79 Å². The largest absolute Gasteiger partial charge is 0.444 e. The summed E-state index contributed by atoms with van der Waals surface area (Å²) in [5.74, 6) is -0.495. The number of rotatable bonds is 4. The van der Waals surface area contributed by atoms with E-state index >= 15 is 0 Å². The van der Waals surface area contributed by atoms with E-state index in [1.54, 1.807) is 25.7 Å². The quantitative estimate of drug-likeness (QED) is 0.806. The summed E-state index contributed by atoms with van der Waals surface area (Å²) in [5.41, 5.74) is 2.92. The molecule has 0 aliphatic carbocycles. The van der Waals surface area contributed by atoms with Crippen LogP contribution in [0.1, 0.15) is 47.8 Å². The van der Waals surface area contributed by atoms with Crippen molar-refractivity contribution in [2.24, 2.45) is 0 Å². The highest BCUT2D eigenvalue weighted by molar-refractivity contribution is 5.94. The zero-order valence-corrected chi connectivity index (χ0v) is 17.9. The fourth-order valence-electron chi connectivity index (χ4n) is 3.50. The lowest BCUT2D eigenvalue weighted by molar-refractivity contribution is 0.0515. The Kier molecular flexibility index (Phi) is 6.59. The highest BCUT2D eigenvalue weighted by atomic mass is 19.1. The molecule has 0 radical (unpaired) electrons. The first-order chi connectivity index (χ1) is 14.6. The summed E-state index contributed by atoms with van der Waals surface area (Å²) in [4.78, 5) is 26.4. The van der Waals surface area contributed by atoms with Crippen LogP contribution in [-0.2, 0) is 24.1 Å². The van der Waals surface area contributed by atoms with Crippen molar-refractivity contribution in [3.8, 4) is 6.07 Å². The van der Waals surface area contributed by atoms with Crippen LogP contribution >= 0.6 is 0 Å². The van der Waals surface area contributed by atoms with Gasteiger partial charge in [-0.25, -0.2) is 9.18 Å². The number of fused-ring (bicyclic) bond motifs is 1. The second-order valence-electron chi connectivity index (χ2n) is 8.62. The molecule has 0 unspecified atom stereocenters. The number of hydrogen-bond donors (Lipinski definition) is 1. The molecule has 0 spiro atoms. The molecule has 31 heavy (non-hydrogen) atoms. The van der Waals surface area contributed by atoms with Gasteiger partial charge in [0, 0.05) is 25.1 Å². The highest BCUT2D eigenvalue weighted by Crippen LogP contribution is 2.23. The van der Waals surface area contributed by atoms with Crippen LogP contribution in [0.3, 0.4) is 0 Å². The minimum absolute atomic E-state index is 0.124. The number of carbonyl (C=O) groups excluding carboxylic acids is 2. The van der Waals surface area contributed by atoms with E-state index in [0.717, 1.165) is 16.7 Å². The first kappa shape index (κ1) is 22.3. The molecule has 2 amide bonds. The summed E-state index contributed by atoms with van der Waals surface area (Å²) >= 11 is 0. The zero-order valence-electron chi connectivity index (χ0n) is 17.9. The molecular weight excluding hydrogens is 397 g/mol. The second-order valence-corrected chi connectivity index (χ2v) is 8.62. The molecule has 1 aliphatic heterocycles. The molecule has 3 rings (SSSR count). The summed E-state index contributed by atoms with van der Waals surface area (Å²) in [6.45, 7) is 6.33. The Morgan fingerprint density at radius 2 is 1.90 bits per heavy atom. The first-order valence-electron chi connectivity index (χ1n) is 10.2. The van der Waals surface area contributed by atoms with Gasteiger partial charge in [-0.05, 0) is 68.1 Å². The van der Waals surface area contributed by atoms with Crippen molar-refractivity contribution in [2.45, 2.75) is 51.8 Å². The Hall–Kier alpha value is -3.40. The average Bonchev–Trinajstić information content (AvgIpc) is 2.71. The third kappa shape index (κ3) is 6.05. The van der Waals surface area contributed by atoms with Crippen LogP contribution in [0.2, 0.25) is 0 Å². The molecule has 2 aromatic rings. The Labute approximate surface area is 181 Å². The van der Waals surface area contributed by atoms with Crippen LogP contribution in [0.4, 0.5) is 9.18 Å². The maximum atomic E-state index is 13.1. The van der Waals surface area contributed by atoms with Crippen LogP contribution in [0.25, 0.3) is 0 Å². The molecule has 1 aliphatic rings.